The molecule has 2 atom stereocenters. The average molecular weight is 712 g/mol. The second-order valence-corrected chi connectivity index (χ2v) is 12.2. The molecule has 3 aromatic rings. The lowest BCUT2D eigenvalue weighted by Crippen LogP contribution is -2.29. The van der Waals surface area contributed by atoms with Crippen molar-refractivity contribution >= 4 is 44.4 Å². The summed E-state index contributed by atoms with van der Waals surface area (Å²) in [5.41, 5.74) is 0.434. The quantitative estimate of drug-likeness (QED) is 0.291. The number of phenolic OH excluding ortho intramolecular Hbond substituents is 1. The molecule has 3 aromatic carbocycles. The first-order valence-corrected chi connectivity index (χ1v) is 14.9. The van der Waals surface area contributed by atoms with E-state index in [0.29, 0.717) is 43.4 Å². The van der Waals surface area contributed by atoms with Crippen LogP contribution >= 0.6 is 31.9 Å². The Labute approximate surface area is 264 Å². The Bertz CT molecular complexity index is 1190. The van der Waals surface area contributed by atoms with E-state index in [0.717, 1.165) is 14.7 Å². The molecule has 2 unspecified atom stereocenters. The molecule has 0 spiro atoms. The van der Waals surface area contributed by atoms with Crippen molar-refractivity contribution in [3.05, 3.63) is 81.7 Å². The Morgan fingerprint density at radius 2 is 1.07 bits per heavy atom. The molecule has 42 heavy (non-hydrogen) atoms. The zero-order chi connectivity index (χ0) is 30.8. The van der Waals surface area contributed by atoms with Gasteiger partial charge in [0.15, 0.2) is 11.6 Å². The van der Waals surface area contributed by atoms with E-state index < -0.39 is 18.7 Å². The molecule has 2 saturated heterocycles. The molecule has 0 radical (unpaired) electrons. The van der Waals surface area contributed by atoms with Gasteiger partial charge in [0, 0.05) is 8.95 Å². The third kappa shape index (κ3) is 12.6. The van der Waals surface area contributed by atoms with E-state index in [1.165, 1.54) is 0 Å². The minimum Gasteiger partial charge on any atom is -0.508 e. The number of benzene rings is 3. The van der Waals surface area contributed by atoms with Crippen molar-refractivity contribution in [2.45, 2.75) is 51.5 Å². The predicted molar refractivity (Wildman–Crippen MR) is 167 cm³/mol. The number of halogens is 2. The van der Waals surface area contributed by atoms with Gasteiger partial charge < -0.3 is 43.6 Å². The standard InChI is InChI=1S/C12H17BO5.C12H15BrO3.C6H5BrO/c1-12(2)17-8-11(18-12)7-16-10-5-3-9(4-6-10)13(14)15;1-12(2)15-8-11(16-12)7-14-10-5-3-9(13)4-6-10;7-5-1-3-6(8)4-2-5/h3-6,11,14-15H,7-8H2,1-2H3;3-6,11H,7-8H2,1-2H3;1-4,8H. The van der Waals surface area contributed by atoms with E-state index >= 15 is 0 Å². The lowest BCUT2D eigenvalue weighted by molar-refractivity contribution is -0.141. The van der Waals surface area contributed by atoms with Crippen LogP contribution in [0.2, 0.25) is 0 Å². The van der Waals surface area contributed by atoms with Gasteiger partial charge >= 0.3 is 7.12 Å². The average Bonchev–Trinajstić information content (AvgIpc) is 3.49. The molecule has 3 N–H and O–H groups in total. The number of aromatic hydroxyl groups is 1. The van der Waals surface area contributed by atoms with Crippen LogP contribution in [0.15, 0.2) is 81.7 Å². The third-order valence-electron chi connectivity index (χ3n) is 5.82. The molecule has 0 aliphatic carbocycles. The Morgan fingerprint density at radius 1 is 0.690 bits per heavy atom. The van der Waals surface area contributed by atoms with Crippen molar-refractivity contribution in [2.75, 3.05) is 26.4 Å². The van der Waals surface area contributed by atoms with Gasteiger partial charge in [0.05, 0.1) is 13.2 Å². The van der Waals surface area contributed by atoms with Crippen molar-refractivity contribution in [1.82, 2.24) is 0 Å². The first-order valence-electron chi connectivity index (χ1n) is 13.4. The molecule has 0 bridgehead atoms. The Morgan fingerprint density at radius 3 is 1.40 bits per heavy atom. The fraction of sp³-hybridized carbons (Fsp3) is 0.400. The van der Waals surface area contributed by atoms with Crippen LogP contribution in [0, 0.1) is 0 Å². The summed E-state index contributed by atoms with van der Waals surface area (Å²) in [6.07, 6.45) is -0.0678. The largest absolute Gasteiger partial charge is 0.508 e. The van der Waals surface area contributed by atoms with Crippen molar-refractivity contribution in [3.8, 4) is 17.2 Å². The summed E-state index contributed by atoms with van der Waals surface area (Å²) >= 11 is 6.61. The molecule has 5 rings (SSSR count). The van der Waals surface area contributed by atoms with Crippen LogP contribution in [0.1, 0.15) is 27.7 Å². The Kier molecular flexibility index (Phi) is 13.1. The molecular weight excluding hydrogens is 675 g/mol. The van der Waals surface area contributed by atoms with Gasteiger partial charge in [0.25, 0.3) is 0 Å². The van der Waals surface area contributed by atoms with Gasteiger partial charge in [-0.05, 0) is 93.8 Å². The number of phenols is 1. The molecule has 2 aliphatic heterocycles. The number of rotatable bonds is 7. The van der Waals surface area contributed by atoms with E-state index in [1.54, 1.807) is 48.5 Å². The second kappa shape index (κ2) is 16.1. The van der Waals surface area contributed by atoms with Crippen molar-refractivity contribution in [2.24, 2.45) is 0 Å². The summed E-state index contributed by atoms with van der Waals surface area (Å²) in [4.78, 5) is 0. The molecule has 12 heteroatoms. The fourth-order valence-electron chi connectivity index (χ4n) is 3.78. The maximum atomic E-state index is 8.95. The third-order valence-corrected chi connectivity index (χ3v) is 6.88. The smallest absolute Gasteiger partial charge is 0.488 e. The van der Waals surface area contributed by atoms with Gasteiger partial charge in [-0.2, -0.15) is 0 Å². The predicted octanol–water partition coefficient (Wildman–Crippen LogP) is 5.03. The van der Waals surface area contributed by atoms with Crippen LogP contribution in [0.4, 0.5) is 0 Å². The first kappa shape index (κ1) is 34.3. The van der Waals surface area contributed by atoms with Gasteiger partial charge in [-0.3, -0.25) is 0 Å². The maximum Gasteiger partial charge on any atom is 0.488 e. The molecule has 0 aromatic heterocycles. The van der Waals surface area contributed by atoms with Crippen LogP contribution in [-0.4, -0.2) is 72.5 Å². The van der Waals surface area contributed by atoms with Crippen molar-refractivity contribution in [1.29, 1.82) is 0 Å². The lowest BCUT2D eigenvalue weighted by Gasteiger charge is -2.17. The summed E-state index contributed by atoms with van der Waals surface area (Å²) in [6, 6.07) is 21.2. The zero-order valence-electron chi connectivity index (χ0n) is 24.0. The number of hydrogen-bond donors (Lipinski definition) is 3. The topological polar surface area (TPSA) is 116 Å². The van der Waals surface area contributed by atoms with Crippen molar-refractivity contribution in [3.63, 3.8) is 0 Å². The Balaban J connectivity index is 0.000000185. The Hall–Kier alpha value is -2.16. The zero-order valence-corrected chi connectivity index (χ0v) is 27.2. The van der Waals surface area contributed by atoms with E-state index in [1.807, 2.05) is 52.0 Å². The van der Waals surface area contributed by atoms with E-state index in [-0.39, 0.29) is 12.2 Å². The van der Waals surface area contributed by atoms with E-state index in [2.05, 4.69) is 31.9 Å². The lowest BCUT2D eigenvalue weighted by atomic mass is 9.80. The van der Waals surface area contributed by atoms with Gasteiger partial charge in [-0.15, -0.1) is 0 Å². The fourth-order valence-corrected chi connectivity index (χ4v) is 4.31. The van der Waals surface area contributed by atoms with Crippen LogP contribution in [0.3, 0.4) is 0 Å². The SMILES string of the molecule is CC1(C)OCC(COc2ccc(B(O)O)cc2)O1.CC1(C)OCC(COc2ccc(Br)cc2)O1.Oc1ccc(Br)cc1. The molecule has 2 fully saturated rings. The van der Waals surface area contributed by atoms with Crippen LogP contribution in [-0.2, 0) is 18.9 Å². The highest BCUT2D eigenvalue weighted by molar-refractivity contribution is 9.10. The van der Waals surface area contributed by atoms with E-state index in [9.17, 15) is 0 Å². The summed E-state index contributed by atoms with van der Waals surface area (Å²) in [6.45, 7) is 9.58. The van der Waals surface area contributed by atoms with E-state index in [4.69, 9.17) is 43.6 Å². The number of ether oxygens (including phenoxy) is 6. The molecule has 0 amide bonds. The highest BCUT2D eigenvalue weighted by atomic mass is 79.9. The molecule has 228 valence electrons. The monoisotopic (exact) mass is 710 g/mol. The molecule has 9 nitrogen and oxygen atoms in total. The normalized spacial score (nSPS) is 20.0. The van der Waals surface area contributed by atoms with Gasteiger partial charge in [0.1, 0.15) is 42.7 Å². The summed E-state index contributed by atoms with van der Waals surface area (Å²) in [5.74, 6) is 0.782. The van der Waals surface area contributed by atoms with Crippen LogP contribution < -0.4 is 14.9 Å². The molecular formula is C30H37BBr2O9. The highest BCUT2D eigenvalue weighted by Gasteiger charge is 2.33. The summed E-state index contributed by atoms with van der Waals surface area (Å²) in [7, 11) is -1.45. The summed E-state index contributed by atoms with van der Waals surface area (Å²) in [5, 5.41) is 26.6. The summed E-state index contributed by atoms with van der Waals surface area (Å²) < 4.78 is 35.3. The van der Waals surface area contributed by atoms with Gasteiger partial charge in [0.2, 0.25) is 0 Å². The van der Waals surface area contributed by atoms with Gasteiger partial charge in [-0.25, -0.2) is 0 Å². The minimum absolute atomic E-state index is 0.0126. The minimum atomic E-state index is -1.45. The second-order valence-electron chi connectivity index (χ2n) is 10.4. The molecule has 2 heterocycles. The van der Waals surface area contributed by atoms with Crippen LogP contribution in [0.5, 0.6) is 17.2 Å². The first-order chi connectivity index (χ1) is 19.8. The van der Waals surface area contributed by atoms with Crippen molar-refractivity contribution < 1.29 is 43.6 Å². The molecule has 2 aliphatic rings. The van der Waals surface area contributed by atoms with Gasteiger partial charge in [-0.1, -0.05) is 44.0 Å². The number of hydrogen-bond acceptors (Lipinski definition) is 9. The highest BCUT2D eigenvalue weighted by Crippen LogP contribution is 2.24. The maximum absolute atomic E-state index is 8.95. The van der Waals surface area contributed by atoms with Crippen LogP contribution in [0.25, 0.3) is 0 Å². The molecule has 0 saturated carbocycles.